The topological polar surface area (TPSA) is 42.9 Å². The highest BCUT2D eigenvalue weighted by Crippen LogP contribution is 2.43. The second kappa shape index (κ2) is 9.45. The van der Waals surface area contributed by atoms with E-state index in [0.29, 0.717) is 0 Å². The molecule has 2 aromatic heterocycles. The summed E-state index contributed by atoms with van der Waals surface area (Å²) in [7, 11) is -3.09. The Morgan fingerprint density at radius 3 is 1.29 bits per heavy atom. The molecule has 0 saturated heterocycles. The van der Waals surface area contributed by atoms with Crippen molar-refractivity contribution < 1.29 is 4.57 Å². The zero-order chi connectivity index (χ0) is 25.5. The third-order valence-corrected chi connectivity index (χ3v) is 11.9. The van der Waals surface area contributed by atoms with E-state index in [0.717, 1.165) is 57.5 Å². The second-order valence-electron chi connectivity index (χ2n) is 9.01. The highest BCUT2D eigenvalue weighted by atomic mass is 32.1. The summed E-state index contributed by atoms with van der Waals surface area (Å²) < 4.78 is 17.3. The fourth-order valence-corrected chi connectivity index (χ4v) is 9.27. The molecule has 0 aliphatic carbocycles. The fraction of sp³-hybridized carbons (Fsp3) is 0. The average molecular weight is 545 g/mol. The van der Waals surface area contributed by atoms with Gasteiger partial charge in [-0.25, -0.2) is 9.97 Å². The molecule has 2 heterocycles. The van der Waals surface area contributed by atoms with E-state index in [1.54, 1.807) is 22.7 Å². The van der Waals surface area contributed by atoms with Gasteiger partial charge in [-0.15, -0.1) is 22.7 Å². The van der Waals surface area contributed by atoms with Crippen LogP contribution >= 0.6 is 29.8 Å². The first-order chi connectivity index (χ1) is 18.7. The number of thiazole rings is 2. The monoisotopic (exact) mass is 544 g/mol. The zero-order valence-corrected chi connectivity index (χ0v) is 22.7. The molecule has 0 saturated carbocycles. The normalized spacial score (nSPS) is 11.8. The number of nitrogens with zero attached hydrogens (tertiary/aromatic N) is 2. The molecule has 0 amide bonds. The molecule has 6 heteroatoms. The number of rotatable bonds is 5. The van der Waals surface area contributed by atoms with Crippen LogP contribution in [-0.2, 0) is 4.57 Å². The van der Waals surface area contributed by atoms with Crippen molar-refractivity contribution in [2.45, 2.75) is 0 Å². The summed E-state index contributed by atoms with van der Waals surface area (Å²) in [5.74, 6) is 0. The molecule has 0 radical (unpaired) electrons. The number of aromatic nitrogens is 2. The van der Waals surface area contributed by atoms with Crippen molar-refractivity contribution in [1.82, 2.24) is 9.97 Å². The molecule has 0 aliphatic heterocycles. The maximum absolute atomic E-state index is 15.0. The van der Waals surface area contributed by atoms with Crippen LogP contribution < -0.4 is 15.9 Å². The number of hydrogen-bond donors (Lipinski definition) is 0. The van der Waals surface area contributed by atoms with Crippen molar-refractivity contribution in [3.05, 3.63) is 127 Å². The van der Waals surface area contributed by atoms with Gasteiger partial charge >= 0.3 is 0 Å². The summed E-state index contributed by atoms with van der Waals surface area (Å²) in [6.45, 7) is 0. The Balaban J connectivity index is 1.29. The van der Waals surface area contributed by atoms with Gasteiger partial charge in [0.2, 0.25) is 0 Å². The second-order valence-corrected chi connectivity index (χ2v) is 13.8. The molecule has 3 nitrogen and oxygen atoms in total. The smallest absolute Gasteiger partial charge is 0.171 e. The third-order valence-electron chi connectivity index (χ3n) is 6.66. The van der Waals surface area contributed by atoms with Crippen LogP contribution in [0.25, 0.3) is 41.6 Å². The minimum atomic E-state index is -3.09. The first kappa shape index (κ1) is 23.2. The highest BCUT2D eigenvalue weighted by Gasteiger charge is 2.30. The molecule has 182 valence electrons. The first-order valence-electron chi connectivity index (χ1n) is 12.3. The zero-order valence-electron chi connectivity index (χ0n) is 20.2. The summed E-state index contributed by atoms with van der Waals surface area (Å²) in [6.07, 6.45) is 0. The molecule has 0 N–H and O–H groups in total. The van der Waals surface area contributed by atoms with Gasteiger partial charge in [-0.1, -0.05) is 103 Å². The minimum Gasteiger partial charge on any atom is -0.309 e. The van der Waals surface area contributed by atoms with E-state index in [4.69, 9.17) is 9.97 Å². The first-order valence-corrected chi connectivity index (χ1v) is 15.6. The molecule has 0 bridgehead atoms. The summed E-state index contributed by atoms with van der Waals surface area (Å²) in [5, 5.41) is 4.36. The van der Waals surface area contributed by atoms with E-state index >= 15 is 0 Å². The lowest BCUT2D eigenvalue weighted by Gasteiger charge is -2.20. The molecule has 7 aromatic rings. The number of hydrogen-bond acceptors (Lipinski definition) is 5. The van der Waals surface area contributed by atoms with Crippen molar-refractivity contribution >= 4 is 66.2 Å². The van der Waals surface area contributed by atoms with E-state index in [1.807, 2.05) is 115 Å². The Labute approximate surface area is 228 Å². The lowest BCUT2D eigenvalue weighted by molar-refractivity contribution is 0.592. The van der Waals surface area contributed by atoms with Gasteiger partial charge in [0.15, 0.2) is 7.14 Å². The summed E-state index contributed by atoms with van der Waals surface area (Å²) in [4.78, 5) is 9.58. The van der Waals surface area contributed by atoms with Crippen LogP contribution in [0.1, 0.15) is 0 Å². The largest absolute Gasteiger partial charge is 0.309 e. The van der Waals surface area contributed by atoms with Crippen LogP contribution in [0.5, 0.6) is 0 Å². The van der Waals surface area contributed by atoms with E-state index < -0.39 is 7.14 Å². The third kappa shape index (κ3) is 4.00. The highest BCUT2D eigenvalue weighted by molar-refractivity contribution is 7.85. The van der Waals surface area contributed by atoms with Crippen LogP contribution in [0, 0.1) is 0 Å². The van der Waals surface area contributed by atoms with Crippen molar-refractivity contribution in [3.8, 4) is 21.1 Å². The van der Waals surface area contributed by atoms with E-state index in [2.05, 4.69) is 12.1 Å². The number of benzene rings is 5. The quantitative estimate of drug-likeness (QED) is 0.207. The Morgan fingerprint density at radius 2 is 0.842 bits per heavy atom. The van der Waals surface area contributed by atoms with Gasteiger partial charge in [0, 0.05) is 27.0 Å². The molecule has 0 fully saturated rings. The maximum Gasteiger partial charge on any atom is 0.171 e. The van der Waals surface area contributed by atoms with Gasteiger partial charge in [-0.3, -0.25) is 0 Å². The van der Waals surface area contributed by atoms with Crippen molar-refractivity contribution in [1.29, 1.82) is 0 Å². The van der Waals surface area contributed by atoms with E-state index in [1.165, 1.54) is 0 Å². The minimum absolute atomic E-state index is 0.807. The molecular weight excluding hydrogens is 523 g/mol. The molecule has 7 rings (SSSR count). The van der Waals surface area contributed by atoms with Crippen molar-refractivity contribution in [2.75, 3.05) is 0 Å². The van der Waals surface area contributed by atoms with E-state index in [9.17, 15) is 4.57 Å². The molecule has 0 atom stereocenters. The Kier molecular flexibility index (Phi) is 5.78. The fourth-order valence-electron chi connectivity index (χ4n) is 4.70. The van der Waals surface area contributed by atoms with Crippen LogP contribution in [-0.4, -0.2) is 9.97 Å². The van der Waals surface area contributed by atoms with Gasteiger partial charge in [0.05, 0.1) is 20.4 Å². The lowest BCUT2D eigenvalue weighted by Crippen LogP contribution is -2.24. The lowest BCUT2D eigenvalue weighted by atomic mass is 10.2. The number of para-hydroxylation sites is 2. The Hall–Kier alpha value is -3.89. The van der Waals surface area contributed by atoms with Crippen LogP contribution in [0.3, 0.4) is 0 Å². The summed E-state index contributed by atoms with van der Waals surface area (Å²) in [6, 6.07) is 42.3. The van der Waals surface area contributed by atoms with Crippen molar-refractivity contribution in [3.63, 3.8) is 0 Å². The molecule has 38 heavy (non-hydrogen) atoms. The number of fused-ring (bicyclic) bond motifs is 2. The summed E-state index contributed by atoms with van der Waals surface area (Å²) >= 11 is 3.34. The Bertz CT molecular complexity index is 1750. The molecule has 5 aromatic carbocycles. The van der Waals surface area contributed by atoms with Gasteiger partial charge < -0.3 is 4.57 Å². The van der Waals surface area contributed by atoms with Crippen molar-refractivity contribution in [2.24, 2.45) is 0 Å². The van der Waals surface area contributed by atoms with Crippen LogP contribution in [0.4, 0.5) is 0 Å². The van der Waals surface area contributed by atoms with Crippen LogP contribution in [0.2, 0.25) is 0 Å². The SMILES string of the molecule is O=P(c1ccccc1)(c1ccc(-c2nc3ccccc3s2)cc1)c1ccc(-c2nc3ccccc3s2)cc1. The molecular formula is C32H21N2OPS2. The van der Waals surface area contributed by atoms with Crippen LogP contribution in [0.15, 0.2) is 127 Å². The van der Waals surface area contributed by atoms with Gasteiger partial charge in [0.25, 0.3) is 0 Å². The molecule has 0 aliphatic rings. The predicted molar refractivity (Wildman–Crippen MR) is 163 cm³/mol. The van der Waals surface area contributed by atoms with Gasteiger partial charge in [-0.2, -0.15) is 0 Å². The molecule has 0 spiro atoms. The Morgan fingerprint density at radius 1 is 0.447 bits per heavy atom. The molecule has 0 unspecified atom stereocenters. The van der Waals surface area contributed by atoms with E-state index in [-0.39, 0.29) is 0 Å². The standard InChI is InChI=1S/C32H21N2OPS2/c35-36(24-8-2-1-3-9-24,25-18-14-22(15-19-25)31-33-27-10-4-6-12-29(27)37-31)26-20-16-23(17-21-26)32-34-28-11-5-7-13-30(28)38-32/h1-21H. The predicted octanol–water partition coefficient (Wildman–Crippen LogP) is 7.88. The average Bonchev–Trinajstić information content (AvgIpc) is 3.62. The van der Waals surface area contributed by atoms with Gasteiger partial charge in [-0.05, 0) is 24.3 Å². The summed E-state index contributed by atoms with van der Waals surface area (Å²) in [5.41, 5.74) is 4.06. The van der Waals surface area contributed by atoms with Gasteiger partial charge in [0.1, 0.15) is 10.0 Å². The maximum atomic E-state index is 15.0.